The molecule has 4 aliphatic heterocycles. The fourth-order valence-corrected chi connectivity index (χ4v) is 22.6. The van der Waals surface area contributed by atoms with E-state index in [1.54, 1.807) is 12.1 Å². The number of carbonyl (C=O) groups excluding carboxylic acids is 4. The van der Waals surface area contributed by atoms with Gasteiger partial charge in [-0.15, -0.1) is 0 Å². The van der Waals surface area contributed by atoms with Crippen molar-refractivity contribution in [1.82, 2.24) is 9.80 Å². The Bertz CT molecular complexity index is 3850. The minimum Gasteiger partial charge on any atom is -1.00 e. The number of nitrogens with zero attached hydrogens (tertiary/aromatic N) is 4. The number of Topliss-reactive ketones (excluding diaryl/α,β-unsaturated/α-hetero) is 2. The maximum atomic E-state index is 12.6. The fourth-order valence-electron chi connectivity index (χ4n) is 22.6. The number of carbonyl (C=O) groups is 4. The summed E-state index contributed by atoms with van der Waals surface area (Å²) in [7, 11) is 4.76. The predicted octanol–water partition coefficient (Wildman–Crippen LogP) is 5.56. The van der Waals surface area contributed by atoms with Gasteiger partial charge >= 0.3 is 0 Å². The number of hydrogen-bond donors (Lipinski definition) is 8. The number of aromatic hydroxyl groups is 4. The van der Waals surface area contributed by atoms with Crippen LogP contribution in [0.1, 0.15) is 208 Å². The summed E-state index contributed by atoms with van der Waals surface area (Å²) in [6.45, 7) is 18.7. The number of phenolic OH excluding ortho intramolecular Hbond substituents is 2. The van der Waals surface area contributed by atoms with Crippen molar-refractivity contribution in [2.75, 3.05) is 76.3 Å². The average molecular weight is 1850 g/mol. The number of alkyl halides is 2. The third-order valence-corrected chi connectivity index (χ3v) is 29.1. The number of ketones is 2. The number of piperidine rings is 4. The number of likely N-dealkylation sites (tertiary alicyclic amines) is 4. The number of halogens is 4. The van der Waals surface area contributed by atoms with E-state index in [9.17, 15) is 49.8 Å². The first kappa shape index (κ1) is 80.1. The van der Waals surface area contributed by atoms with Crippen LogP contribution in [0.25, 0.3) is 0 Å². The second-order valence-corrected chi connectivity index (χ2v) is 34.8. The fraction of sp³-hybridized carbons (Fsp3) is 0.659. The lowest BCUT2D eigenvalue weighted by molar-refractivity contribution is -0.950. The summed E-state index contributed by atoms with van der Waals surface area (Å²) in [4.78, 5) is 57.8. The number of aliphatic hydroxyl groups is 2. The number of phenols is 4. The van der Waals surface area contributed by atoms with Gasteiger partial charge in [0.25, 0.3) is 11.8 Å². The summed E-state index contributed by atoms with van der Waals surface area (Å²) >= 11 is 4.30. The maximum absolute atomic E-state index is 12.6. The molecule has 0 aromatic heterocycles. The molecular formula is C82H114I4N6O10. The summed E-state index contributed by atoms with van der Waals surface area (Å²) in [5.41, 5.74) is 16.7. The molecular weight excluding hydrogens is 1740 g/mol. The molecule has 0 radical (unpaired) electrons. The molecule has 4 aromatic carbocycles. The Kier molecular flexibility index (Phi) is 23.7. The lowest BCUT2D eigenvalue weighted by atomic mass is 9.48. The first-order valence-corrected chi connectivity index (χ1v) is 42.2. The molecule has 4 aromatic rings. The Balaban J connectivity index is 0.000000135. The predicted molar refractivity (Wildman–Crippen MR) is 408 cm³/mol. The first-order valence-electron chi connectivity index (χ1n) is 37.9. The van der Waals surface area contributed by atoms with Crippen LogP contribution in [0.4, 0.5) is 0 Å². The van der Waals surface area contributed by atoms with Gasteiger partial charge in [-0.05, 0) is 206 Å². The monoisotopic (exact) mass is 1850 g/mol. The summed E-state index contributed by atoms with van der Waals surface area (Å²) < 4.78 is 2.11. The van der Waals surface area contributed by atoms with Crippen LogP contribution in [0.3, 0.4) is 0 Å². The molecule has 10 N–H and O–H groups in total. The summed E-state index contributed by atoms with van der Waals surface area (Å²) in [6, 6.07) is 20.4. The van der Waals surface area contributed by atoms with E-state index in [0.29, 0.717) is 91.9 Å². The van der Waals surface area contributed by atoms with Crippen LogP contribution >= 0.6 is 45.2 Å². The lowest BCUT2D eigenvalue weighted by Gasteiger charge is -2.65. The van der Waals surface area contributed by atoms with Crippen LogP contribution in [0.5, 0.6) is 23.0 Å². The van der Waals surface area contributed by atoms with Gasteiger partial charge in [-0.25, -0.2) is 0 Å². The summed E-state index contributed by atoms with van der Waals surface area (Å²) in [5.74, 6) is 4.27. The van der Waals surface area contributed by atoms with E-state index in [0.717, 1.165) is 71.5 Å². The molecule has 4 heterocycles. The Morgan fingerprint density at radius 1 is 0.529 bits per heavy atom. The average Bonchev–Trinajstić information content (AvgIpc) is 1.46. The van der Waals surface area contributed by atoms with E-state index < -0.39 is 33.8 Å². The Morgan fingerprint density at radius 2 is 0.971 bits per heavy atom. The van der Waals surface area contributed by atoms with Gasteiger partial charge in [-0.2, -0.15) is 0 Å². The van der Waals surface area contributed by atoms with Gasteiger partial charge < -0.3 is 99.0 Å². The topological polar surface area (TPSA) is 248 Å². The number of fused-ring (bicyclic) bond motifs is 10. The van der Waals surface area contributed by atoms with Crippen LogP contribution in [-0.2, 0) is 56.9 Å². The Hall–Kier alpha value is -2.96. The van der Waals surface area contributed by atoms with Crippen molar-refractivity contribution in [2.24, 2.45) is 47.0 Å². The largest absolute Gasteiger partial charge is 1.00 e. The Labute approximate surface area is 667 Å². The minimum atomic E-state index is -1.06. The molecule has 4 saturated heterocycles. The summed E-state index contributed by atoms with van der Waals surface area (Å²) in [6.07, 6.45) is 20.2. The van der Waals surface area contributed by atoms with Crippen molar-refractivity contribution in [3.8, 4) is 23.0 Å². The zero-order chi connectivity index (χ0) is 71.6. The van der Waals surface area contributed by atoms with E-state index in [4.69, 9.17) is 11.5 Å². The van der Waals surface area contributed by atoms with Gasteiger partial charge in [0, 0.05) is 122 Å². The molecule has 18 rings (SSSR count). The molecule has 6 saturated carbocycles. The number of amides is 2. The highest BCUT2D eigenvalue weighted by Crippen LogP contribution is 2.63. The van der Waals surface area contributed by atoms with Gasteiger partial charge in [0.1, 0.15) is 46.2 Å². The van der Waals surface area contributed by atoms with Crippen LogP contribution in [0, 0.1) is 35.5 Å². The summed E-state index contributed by atoms with van der Waals surface area (Å²) in [5, 5.41) is 65.8. The second-order valence-electron chi connectivity index (χ2n) is 34.8. The molecule has 7 unspecified atom stereocenters. The van der Waals surface area contributed by atoms with Crippen molar-refractivity contribution >= 4 is 68.6 Å². The van der Waals surface area contributed by atoms with Crippen molar-refractivity contribution < 1.29 is 107 Å². The van der Waals surface area contributed by atoms with Gasteiger partial charge in [-0.1, -0.05) is 97.1 Å². The normalized spacial score (nSPS) is 36.0. The maximum Gasteiger partial charge on any atom is 0.252 e. The van der Waals surface area contributed by atoms with Gasteiger partial charge in [0.2, 0.25) is 0 Å². The number of benzene rings is 4. The number of likely N-dealkylation sites (N-methyl/N-ethyl adjacent to an activating group) is 2. The van der Waals surface area contributed by atoms with Crippen molar-refractivity contribution in [1.29, 1.82) is 0 Å². The smallest absolute Gasteiger partial charge is 0.252 e. The number of primary amides is 2. The molecule has 10 fully saturated rings. The van der Waals surface area contributed by atoms with Crippen molar-refractivity contribution in [3.63, 3.8) is 0 Å². The lowest BCUT2D eigenvalue weighted by Crippen LogP contribution is -3.00. The van der Waals surface area contributed by atoms with E-state index in [2.05, 4.69) is 109 Å². The molecule has 2 amide bonds. The highest BCUT2D eigenvalue weighted by Gasteiger charge is 2.71. The zero-order valence-electron chi connectivity index (χ0n) is 61.5. The number of nitrogens with two attached hydrogens (primary N) is 2. The molecule has 8 bridgehead atoms. The SMILES string of the molecule is CC1C2Cc3ccc(O)cc3[C@@]1(C)CCN2CC1CC1.CC1C2Cc3ccc(O)cc3[C@@]1(C)CC[N+]2(C)CC1CC1.CI.CI.C[N+]1(CC2CC2)CCC23CC(=O)CC[C@@]2(O)[C@H]1Cc1ccc(C(N)=O)c(O)c13.NC(=O)c1ccc2c(c1O)[C@]13CCN(CC4CC4)[C@H](C2)[C@]1(O)CCC(=O)C3.[I-].[I-]. The third kappa shape index (κ3) is 14.0. The Morgan fingerprint density at radius 3 is 1.49 bits per heavy atom. The van der Waals surface area contributed by atoms with Crippen molar-refractivity contribution in [3.05, 3.63) is 116 Å². The van der Waals surface area contributed by atoms with E-state index in [1.807, 2.05) is 46.3 Å². The van der Waals surface area contributed by atoms with Crippen LogP contribution in [-0.4, -0.2) is 184 Å². The van der Waals surface area contributed by atoms with Crippen LogP contribution < -0.4 is 59.4 Å². The third-order valence-electron chi connectivity index (χ3n) is 29.1. The molecule has 14 aliphatic rings. The van der Waals surface area contributed by atoms with Crippen LogP contribution in [0.2, 0.25) is 0 Å². The van der Waals surface area contributed by atoms with Gasteiger partial charge in [0.15, 0.2) is 0 Å². The second kappa shape index (κ2) is 30.1. The first-order chi connectivity index (χ1) is 47.6. The number of rotatable bonds is 10. The minimum absolute atomic E-state index is 0. The van der Waals surface area contributed by atoms with E-state index in [-0.39, 0.29) is 118 Å². The van der Waals surface area contributed by atoms with Crippen molar-refractivity contribution in [2.45, 2.75) is 226 Å². The van der Waals surface area contributed by atoms with E-state index in [1.165, 1.54) is 130 Å². The molecule has 20 heteroatoms. The van der Waals surface area contributed by atoms with Gasteiger partial charge in [-0.3, -0.25) is 29.0 Å². The zero-order valence-corrected chi connectivity index (χ0v) is 70.2. The standard InChI is InChI=1S/C22H28N2O4.C21H26N2O4.C19H27NO.C18H25NO.2CH3I.2HI/c1-24(12-13-2-3-13)9-8-21-11-15(25)6-7-22(21,28)17(24)10-14-4-5-16(20(23)27)19(26)18(14)21;22-19(26)15-4-3-13-9-16-21(27)6-5-14(24)10-20(21,17(13)18(15)25)7-8-23(16)11-12-1-2-12;1-13-18-10-15-6-7-16(21)11-17(15)19(13,2)8-9-20(18,3)12-14-4-5-14;1-12-17-9-14-5-6-15(20)10-16(14)18(12,2)7-8-19(17)11-13-3-4-13;2*1-2;;/h4-5,13,17,28H,2-3,6-12H2,1H3,(H2-,23,26,27);3-4,12,16,25,27H,1-2,5-11H2,(H2,22,26);6-7,11,13-14,18H,4-5,8-10,12H2,1-3H3;5-6,10,12-13,17,20H,3-4,7-9,11H2,1-2H3;2*1H3;2*1H/t17-,21?,22-,24?;16-,20-,21-;13?,18?,19-,20?;12?,17?,18-;;;;/m1100..../s1. The number of hydrogen-bond acceptors (Lipinski definition) is 12. The molecule has 10 aliphatic carbocycles. The quantitative estimate of drug-likeness (QED) is 0.0553. The molecule has 0 spiro atoms. The van der Waals surface area contributed by atoms with Crippen LogP contribution in [0.15, 0.2) is 60.7 Å². The highest BCUT2D eigenvalue weighted by molar-refractivity contribution is 14.1. The highest BCUT2D eigenvalue weighted by atomic mass is 127. The van der Waals surface area contributed by atoms with E-state index >= 15 is 0 Å². The molecule has 102 heavy (non-hydrogen) atoms. The molecule has 14 atom stereocenters. The molecule has 560 valence electrons. The number of quaternary nitrogens is 2. The molecule has 16 nitrogen and oxygen atoms in total. The van der Waals surface area contributed by atoms with Gasteiger partial charge in [0.05, 0.1) is 63.0 Å².